The molecular weight excluding hydrogens is 490 g/mol. The van der Waals surface area contributed by atoms with Gasteiger partial charge in [0.2, 0.25) is 5.71 Å². The van der Waals surface area contributed by atoms with Gasteiger partial charge in [0.1, 0.15) is 14.1 Å². The third-order valence-electron chi connectivity index (χ3n) is 7.20. The molecule has 0 saturated carbocycles. The predicted molar refractivity (Wildman–Crippen MR) is 138 cm³/mol. The van der Waals surface area contributed by atoms with Crippen LogP contribution in [0.1, 0.15) is 38.8 Å². The van der Waals surface area contributed by atoms with E-state index in [1.807, 2.05) is 0 Å². The van der Waals surface area contributed by atoms with E-state index < -0.39 is 10.2 Å². The minimum Gasteiger partial charge on any atom is -0.347 e. The maximum Gasteiger partial charge on any atom is 0.201 e. The van der Waals surface area contributed by atoms with E-state index in [4.69, 9.17) is 18.6 Å². The molecule has 8 heteroatoms. The highest BCUT2D eigenvalue weighted by Gasteiger charge is 2.39. The lowest BCUT2D eigenvalue weighted by Gasteiger charge is -2.24. The van der Waals surface area contributed by atoms with Crippen LogP contribution in [-0.2, 0) is 10.8 Å². The minimum absolute atomic E-state index is 0.0122. The van der Waals surface area contributed by atoms with E-state index in [1.165, 1.54) is 39.6 Å². The zero-order valence-electron chi connectivity index (χ0n) is 22.8. The highest BCUT2D eigenvalue weighted by atomic mass is 35.7. The van der Waals surface area contributed by atoms with Crippen molar-refractivity contribution in [3.05, 3.63) is 95.4 Å². The van der Waals surface area contributed by atoms with Crippen LogP contribution in [0.4, 0.5) is 11.4 Å². The molecule has 0 spiro atoms. The molecule has 198 valence electrons. The van der Waals surface area contributed by atoms with Gasteiger partial charge in [-0.15, -0.1) is 10.2 Å². The van der Waals surface area contributed by atoms with Crippen molar-refractivity contribution in [3.63, 3.8) is 0 Å². The fourth-order valence-corrected chi connectivity index (χ4v) is 5.26. The van der Waals surface area contributed by atoms with Gasteiger partial charge in [-0.05, 0) is 29.3 Å². The molecule has 0 bridgehead atoms. The minimum atomic E-state index is -4.94. The van der Waals surface area contributed by atoms with Crippen molar-refractivity contribution in [2.75, 3.05) is 38.0 Å². The smallest absolute Gasteiger partial charge is 0.201 e. The number of fused-ring (bicyclic) bond motifs is 2. The monoisotopic (exact) mass is 525 g/mol. The Bertz CT molecular complexity index is 1280. The maximum absolute atomic E-state index is 8.49. The van der Waals surface area contributed by atoms with Gasteiger partial charge in [-0.1, -0.05) is 70.2 Å². The number of anilines is 2. The quantitative estimate of drug-likeness (QED) is 0.439. The first-order valence-corrected chi connectivity index (χ1v) is 13.2. The van der Waals surface area contributed by atoms with Gasteiger partial charge in [0.05, 0.1) is 0 Å². The first kappa shape index (κ1) is 28.6. The van der Waals surface area contributed by atoms with Gasteiger partial charge in [-0.2, -0.15) is 0 Å². The van der Waals surface area contributed by atoms with Crippen LogP contribution in [0, 0.1) is 10.2 Å². The third-order valence-corrected chi connectivity index (χ3v) is 7.20. The molecule has 0 aromatic heterocycles. The number of likely N-dealkylation sites (N-methyl/N-ethyl adjacent to an activating group) is 2. The Balaban J connectivity index is 0.000000695. The number of hydrogen-bond acceptors (Lipinski definition) is 6. The Morgan fingerprint density at radius 1 is 0.757 bits per heavy atom. The molecule has 0 atom stereocenters. The first-order valence-electron chi connectivity index (χ1n) is 12.0. The summed E-state index contributed by atoms with van der Waals surface area (Å²) in [5.74, 6) is 0. The van der Waals surface area contributed by atoms with E-state index in [1.54, 1.807) is 0 Å². The molecule has 0 aliphatic carbocycles. The molecule has 2 aliphatic heterocycles. The van der Waals surface area contributed by atoms with Crippen molar-refractivity contribution in [2.45, 2.75) is 38.5 Å². The molecule has 7 nitrogen and oxygen atoms in total. The second-order valence-electron chi connectivity index (χ2n) is 10.5. The summed E-state index contributed by atoms with van der Waals surface area (Å²) in [7, 11) is 3.62. The molecule has 2 aliphatic rings. The third kappa shape index (κ3) is 5.98. The van der Waals surface area contributed by atoms with Crippen LogP contribution >= 0.6 is 0 Å². The van der Waals surface area contributed by atoms with Crippen molar-refractivity contribution in [2.24, 2.45) is 0 Å². The van der Waals surface area contributed by atoms with Crippen LogP contribution in [0.2, 0.25) is 0 Å². The zero-order chi connectivity index (χ0) is 27.8. The molecule has 2 heterocycles. The second kappa shape index (κ2) is 10.4. The normalized spacial score (nSPS) is 19.7. The molecule has 0 fully saturated rings. The molecular formula is C29H36ClN3O4. The summed E-state index contributed by atoms with van der Waals surface area (Å²) >= 11 is 0. The predicted octanol–water partition coefficient (Wildman–Crippen LogP) is 1.12. The SMILES string of the molecule is CN1/C(=C/C=C/C(/C=C2/N(C)c3ccccc3C2(C)C)=[N+](C)C)C(C)(C)c2ccccc21.[O-][Cl+3]([O-])([O-])[O-]. The summed E-state index contributed by atoms with van der Waals surface area (Å²) in [4.78, 5) is 4.65. The van der Waals surface area contributed by atoms with Gasteiger partial charge >= 0.3 is 0 Å². The number of hydrogen-bond donors (Lipinski definition) is 0. The molecule has 37 heavy (non-hydrogen) atoms. The molecule has 2 aromatic carbocycles. The van der Waals surface area contributed by atoms with Gasteiger partial charge in [0.15, 0.2) is 0 Å². The lowest BCUT2D eigenvalue weighted by atomic mass is 9.83. The molecule has 0 amide bonds. The summed E-state index contributed by atoms with van der Waals surface area (Å²) in [6.45, 7) is 9.24. The van der Waals surface area contributed by atoms with Gasteiger partial charge in [-0.25, -0.2) is 23.2 Å². The number of benzene rings is 2. The van der Waals surface area contributed by atoms with Crippen molar-refractivity contribution < 1.29 is 33.5 Å². The number of halogens is 1. The number of para-hydroxylation sites is 2. The number of rotatable bonds is 3. The fraction of sp³-hybridized carbons (Fsp3) is 0.345. The Hall–Kier alpha value is -2.94. The van der Waals surface area contributed by atoms with Gasteiger partial charge in [0, 0.05) is 59.8 Å². The van der Waals surface area contributed by atoms with E-state index in [-0.39, 0.29) is 10.8 Å². The molecule has 2 aromatic rings. The molecule has 0 saturated heterocycles. The first-order chi connectivity index (χ1) is 17.1. The van der Waals surface area contributed by atoms with E-state index >= 15 is 0 Å². The van der Waals surface area contributed by atoms with Crippen LogP contribution in [0.25, 0.3) is 0 Å². The van der Waals surface area contributed by atoms with Gasteiger partial charge < -0.3 is 9.80 Å². The van der Waals surface area contributed by atoms with Gasteiger partial charge in [0.25, 0.3) is 0 Å². The standard InChI is InChI=1S/C29H36N3.ClHO4/c1-28(2)22-15-9-11-17-24(22)31(7)26(28)19-13-14-21(30(5)6)20-27-29(3,4)23-16-10-12-18-25(23)32(27)8;2-1(3,4)5/h9-20H,1-8H3;(H,2,3,4,5)/q+1;/p-1. The Morgan fingerprint density at radius 3 is 1.59 bits per heavy atom. The second-order valence-corrected chi connectivity index (χ2v) is 11.3. The lowest BCUT2D eigenvalue weighted by Crippen LogP contribution is -2.68. The van der Waals surface area contributed by atoms with Gasteiger partial charge in [-0.3, -0.25) is 0 Å². The van der Waals surface area contributed by atoms with Crippen molar-refractivity contribution >= 4 is 17.1 Å². The maximum atomic E-state index is 8.49. The summed E-state index contributed by atoms with van der Waals surface area (Å²) in [6.07, 6.45) is 9.01. The van der Waals surface area contributed by atoms with E-state index in [0.29, 0.717) is 0 Å². The topological polar surface area (TPSA) is 102 Å². The number of allylic oxidation sites excluding steroid dienone is 6. The van der Waals surface area contributed by atoms with Crippen LogP contribution in [0.15, 0.2) is 84.2 Å². The average molecular weight is 526 g/mol. The van der Waals surface area contributed by atoms with Crippen molar-refractivity contribution in [1.82, 2.24) is 0 Å². The summed E-state index contributed by atoms with van der Waals surface area (Å²) in [5.41, 5.74) is 9.11. The highest BCUT2D eigenvalue weighted by molar-refractivity contribution is 6.02. The van der Waals surface area contributed by atoms with E-state index in [9.17, 15) is 0 Å². The lowest BCUT2D eigenvalue weighted by molar-refractivity contribution is -2.00. The number of nitrogens with zero attached hydrogens (tertiary/aromatic N) is 3. The average Bonchev–Trinajstić information content (AvgIpc) is 3.11. The largest absolute Gasteiger partial charge is 0.347 e. The molecule has 0 N–H and O–H groups in total. The summed E-state index contributed by atoms with van der Waals surface area (Å²) in [6, 6.07) is 17.4. The zero-order valence-corrected chi connectivity index (χ0v) is 23.5. The van der Waals surface area contributed by atoms with E-state index in [2.05, 4.69) is 143 Å². The van der Waals surface area contributed by atoms with Crippen molar-refractivity contribution in [1.29, 1.82) is 0 Å². The summed E-state index contributed by atoms with van der Waals surface area (Å²) in [5, 5.41) is 0. The van der Waals surface area contributed by atoms with Crippen LogP contribution in [0.3, 0.4) is 0 Å². The summed E-state index contributed by atoms with van der Waals surface area (Å²) < 4.78 is 36.2. The Labute approximate surface area is 222 Å². The van der Waals surface area contributed by atoms with Crippen molar-refractivity contribution in [3.8, 4) is 0 Å². The highest BCUT2D eigenvalue weighted by Crippen LogP contribution is 2.47. The molecule has 0 radical (unpaired) electrons. The fourth-order valence-electron chi connectivity index (χ4n) is 5.26. The van der Waals surface area contributed by atoms with Crippen LogP contribution < -0.4 is 28.4 Å². The molecule has 0 unspecified atom stereocenters. The molecule has 4 rings (SSSR count). The van der Waals surface area contributed by atoms with Crippen LogP contribution in [0.5, 0.6) is 0 Å². The Morgan fingerprint density at radius 2 is 1.16 bits per heavy atom. The Kier molecular flexibility index (Phi) is 8.08. The van der Waals surface area contributed by atoms with Crippen LogP contribution in [-0.4, -0.2) is 38.5 Å². The van der Waals surface area contributed by atoms with E-state index in [0.717, 1.165) is 0 Å².